The van der Waals surface area contributed by atoms with Crippen molar-refractivity contribution in [3.63, 3.8) is 0 Å². The summed E-state index contributed by atoms with van der Waals surface area (Å²) in [4.78, 5) is 18.4. The molecule has 1 saturated heterocycles. The van der Waals surface area contributed by atoms with Crippen molar-refractivity contribution < 1.29 is 18.0 Å². The zero-order valence-corrected chi connectivity index (χ0v) is 13.9. The molecule has 0 unspecified atom stereocenters. The van der Waals surface area contributed by atoms with Crippen LogP contribution in [0.25, 0.3) is 16.6 Å². The summed E-state index contributed by atoms with van der Waals surface area (Å²) in [7, 11) is 0. The Balaban J connectivity index is 1.33. The molecule has 3 aromatic heterocycles. The Hall–Kier alpha value is -2.70. The second kappa shape index (κ2) is 5.40. The van der Waals surface area contributed by atoms with E-state index in [-0.39, 0.29) is 24.7 Å². The van der Waals surface area contributed by atoms with Crippen LogP contribution >= 0.6 is 0 Å². The topological polar surface area (TPSA) is 50.8 Å². The van der Waals surface area contributed by atoms with Crippen molar-refractivity contribution in [3.8, 4) is 11.1 Å². The molecule has 4 heterocycles. The third-order valence-electron chi connectivity index (χ3n) is 5.44. The van der Waals surface area contributed by atoms with Gasteiger partial charge in [0.1, 0.15) is 0 Å². The maximum absolute atomic E-state index is 13.0. The van der Waals surface area contributed by atoms with Gasteiger partial charge in [-0.25, -0.2) is 13.8 Å². The molecule has 0 atom stereocenters. The molecular weight excluding hydrogens is 340 g/mol. The van der Waals surface area contributed by atoms with Gasteiger partial charge in [0.05, 0.1) is 30.1 Å². The van der Waals surface area contributed by atoms with Gasteiger partial charge in [0, 0.05) is 49.5 Å². The molecule has 134 valence electrons. The van der Waals surface area contributed by atoms with Crippen LogP contribution in [0.2, 0.25) is 0 Å². The largest absolute Gasteiger partial charge is 0.472 e. The van der Waals surface area contributed by atoms with Crippen LogP contribution in [0.5, 0.6) is 0 Å². The van der Waals surface area contributed by atoms with Gasteiger partial charge in [-0.3, -0.25) is 4.79 Å². The molecule has 2 aliphatic rings. The molecular formula is C19H17F2N3O2. The Morgan fingerprint density at radius 3 is 2.73 bits per heavy atom. The predicted molar refractivity (Wildman–Crippen MR) is 89.9 cm³/mol. The van der Waals surface area contributed by atoms with Crippen LogP contribution in [-0.2, 0) is 4.79 Å². The minimum Gasteiger partial charge on any atom is -0.472 e. The lowest BCUT2D eigenvalue weighted by Crippen LogP contribution is -2.54. The Morgan fingerprint density at radius 1 is 1.23 bits per heavy atom. The first-order chi connectivity index (χ1) is 12.5. The van der Waals surface area contributed by atoms with Crippen LogP contribution < -0.4 is 0 Å². The van der Waals surface area contributed by atoms with Crippen LogP contribution in [-0.4, -0.2) is 39.2 Å². The SMILES string of the molecule is O=C(C1CC(F)(F)C1)N1CC(c2ncn3ccc(-c4ccoc4)cc23)C1. The van der Waals surface area contributed by atoms with Crippen LogP contribution in [0.1, 0.15) is 24.5 Å². The van der Waals surface area contributed by atoms with Gasteiger partial charge < -0.3 is 13.7 Å². The molecule has 7 heteroatoms. The number of alkyl halides is 2. The monoisotopic (exact) mass is 357 g/mol. The first kappa shape index (κ1) is 15.5. The van der Waals surface area contributed by atoms with Crippen molar-refractivity contribution in [1.82, 2.24) is 14.3 Å². The van der Waals surface area contributed by atoms with E-state index in [9.17, 15) is 13.6 Å². The van der Waals surface area contributed by atoms with E-state index in [1.807, 2.05) is 22.7 Å². The van der Waals surface area contributed by atoms with E-state index in [1.165, 1.54) is 0 Å². The van der Waals surface area contributed by atoms with E-state index in [0.717, 1.165) is 22.3 Å². The maximum Gasteiger partial charge on any atom is 0.249 e. The highest BCUT2D eigenvalue weighted by Gasteiger charge is 2.51. The van der Waals surface area contributed by atoms with Gasteiger partial charge in [-0.15, -0.1) is 0 Å². The van der Waals surface area contributed by atoms with Gasteiger partial charge in [0.25, 0.3) is 0 Å². The molecule has 0 bridgehead atoms. The normalized spacial score (nSPS) is 20.2. The smallest absolute Gasteiger partial charge is 0.249 e. The number of aromatic nitrogens is 2. The molecule has 5 rings (SSSR count). The van der Waals surface area contributed by atoms with Crippen molar-refractivity contribution in [2.75, 3.05) is 13.1 Å². The summed E-state index contributed by atoms with van der Waals surface area (Å²) in [5, 5.41) is 0. The summed E-state index contributed by atoms with van der Waals surface area (Å²) < 4.78 is 33.0. The summed E-state index contributed by atoms with van der Waals surface area (Å²) in [6.07, 6.45) is 6.42. The van der Waals surface area contributed by atoms with Crippen molar-refractivity contribution in [2.24, 2.45) is 5.92 Å². The molecule has 1 aliphatic heterocycles. The van der Waals surface area contributed by atoms with E-state index >= 15 is 0 Å². The molecule has 26 heavy (non-hydrogen) atoms. The number of likely N-dealkylation sites (tertiary alicyclic amines) is 1. The highest BCUT2D eigenvalue weighted by molar-refractivity contribution is 5.81. The van der Waals surface area contributed by atoms with Crippen molar-refractivity contribution >= 4 is 11.4 Å². The first-order valence-electron chi connectivity index (χ1n) is 8.66. The van der Waals surface area contributed by atoms with Gasteiger partial charge >= 0.3 is 0 Å². The number of halogens is 2. The number of hydrogen-bond acceptors (Lipinski definition) is 3. The highest BCUT2D eigenvalue weighted by Crippen LogP contribution is 2.44. The molecule has 2 fully saturated rings. The van der Waals surface area contributed by atoms with E-state index in [0.29, 0.717) is 13.1 Å². The van der Waals surface area contributed by atoms with Crippen molar-refractivity contribution in [3.05, 3.63) is 48.9 Å². The first-order valence-corrected chi connectivity index (χ1v) is 8.66. The van der Waals surface area contributed by atoms with Crippen molar-refractivity contribution in [2.45, 2.75) is 24.7 Å². The third kappa shape index (κ3) is 2.41. The Kier molecular flexibility index (Phi) is 3.23. The quantitative estimate of drug-likeness (QED) is 0.720. The predicted octanol–water partition coefficient (Wildman–Crippen LogP) is 3.57. The number of furan rings is 1. The second-order valence-corrected chi connectivity index (χ2v) is 7.25. The van der Waals surface area contributed by atoms with Crippen LogP contribution in [0.3, 0.4) is 0 Å². The summed E-state index contributed by atoms with van der Waals surface area (Å²) in [6, 6.07) is 5.96. The van der Waals surface area contributed by atoms with Crippen LogP contribution in [0.15, 0.2) is 47.7 Å². The molecule has 0 radical (unpaired) electrons. The van der Waals surface area contributed by atoms with Gasteiger partial charge in [-0.1, -0.05) is 0 Å². The van der Waals surface area contributed by atoms with Crippen LogP contribution in [0, 0.1) is 5.92 Å². The van der Waals surface area contributed by atoms with E-state index in [4.69, 9.17) is 4.42 Å². The third-order valence-corrected chi connectivity index (χ3v) is 5.44. The minimum atomic E-state index is -2.66. The van der Waals surface area contributed by atoms with Gasteiger partial charge in [-0.05, 0) is 23.8 Å². The number of pyridine rings is 1. The number of imidazole rings is 1. The van der Waals surface area contributed by atoms with Gasteiger partial charge in [0.15, 0.2) is 0 Å². The lowest BCUT2D eigenvalue weighted by atomic mass is 9.79. The highest BCUT2D eigenvalue weighted by atomic mass is 19.3. The van der Waals surface area contributed by atoms with Crippen LogP contribution in [0.4, 0.5) is 8.78 Å². The Labute approximate surface area is 148 Å². The number of carbonyl (C=O) groups is 1. The maximum atomic E-state index is 13.0. The second-order valence-electron chi connectivity index (χ2n) is 7.25. The lowest BCUT2D eigenvalue weighted by Gasteiger charge is -2.44. The Morgan fingerprint density at radius 2 is 2.04 bits per heavy atom. The number of hydrogen-bond donors (Lipinski definition) is 0. The zero-order valence-electron chi connectivity index (χ0n) is 13.9. The Bertz CT molecular complexity index is 966. The fourth-order valence-corrected chi connectivity index (χ4v) is 3.86. The molecule has 3 aromatic rings. The molecule has 1 saturated carbocycles. The summed E-state index contributed by atoms with van der Waals surface area (Å²) in [6.45, 7) is 1.09. The number of amides is 1. The fraction of sp³-hybridized carbons (Fsp3) is 0.368. The fourth-order valence-electron chi connectivity index (χ4n) is 3.86. The number of carbonyl (C=O) groups excluding carboxylic acids is 1. The van der Waals surface area contributed by atoms with Crippen molar-refractivity contribution in [1.29, 1.82) is 0 Å². The molecule has 1 amide bonds. The molecule has 1 aliphatic carbocycles. The number of nitrogens with zero attached hydrogens (tertiary/aromatic N) is 3. The number of fused-ring (bicyclic) bond motifs is 1. The molecule has 0 spiro atoms. The minimum absolute atomic E-state index is 0.143. The summed E-state index contributed by atoms with van der Waals surface area (Å²) in [5.41, 5.74) is 3.97. The van der Waals surface area contributed by atoms with E-state index in [1.54, 1.807) is 23.8 Å². The zero-order chi connectivity index (χ0) is 17.9. The lowest BCUT2D eigenvalue weighted by molar-refractivity contribution is -0.163. The average Bonchev–Trinajstić information content (AvgIpc) is 3.20. The van der Waals surface area contributed by atoms with Gasteiger partial charge in [-0.2, -0.15) is 0 Å². The van der Waals surface area contributed by atoms with E-state index < -0.39 is 11.8 Å². The molecule has 0 N–H and O–H groups in total. The molecule has 5 nitrogen and oxygen atoms in total. The number of rotatable bonds is 3. The average molecular weight is 357 g/mol. The summed E-state index contributed by atoms with van der Waals surface area (Å²) >= 11 is 0. The standard InChI is InChI=1S/C19H17F2N3O2/c20-19(21)6-14(7-19)18(25)24-8-15(9-24)17-16-5-12(13-2-4-26-10-13)1-3-23(16)11-22-17/h1-5,10-11,14-15H,6-9H2. The van der Waals surface area contributed by atoms with Gasteiger partial charge in [0.2, 0.25) is 11.8 Å². The summed E-state index contributed by atoms with van der Waals surface area (Å²) in [5.74, 6) is -3.18. The van der Waals surface area contributed by atoms with E-state index in [2.05, 4.69) is 11.1 Å². The molecule has 0 aromatic carbocycles.